The Hall–Kier alpha value is -1.37. The van der Waals surface area contributed by atoms with Crippen LogP contribution in [-0.2, 0) is 10.3 Å². The molecule has 1 aliphatic carbocycles. The van der Waals surface area contributed by atoms with Gasteiger partial charge in [-0.1, -0.05) is 26.8 Å². The first-order chi connectivity index (χ1) is 9.82. The Balaban J connectivity index is 2.22. The minimum Gasteiger partial charge on any atom is -0.418 e. The average Bonchev–Trinajstić information content (AvgIpc) is 3.19. The van der Waals surface area contributed by atoms with Crippen LogP contribution in [0.15, 0.2) is 18.2 Å². The summed E-state index contributed by atoms with van der Waals surface area (Å²) in [6.07, 6.45) is 0.789. The Kier molecular flexibility index (Phi) is 3.35. The van der Waals surface area contributed by atoms with Gasteiger partial charge in [-0.2, -0.15) is 8.78 Å². The molecular weight excluding hydrogens is 319 g/mol. The molecule has 7 heteroatoms. The highest BCUT2D eigenvalue weighted by Crippen LogP contribution is 2.50. The van der Waals surface area contributed by atoms with E-state index in [-0.39, 0.29) is 22.2 Å². The summed E-state index contributed by atoms with van der Waals surface area (Å²) in [4.78, 5) is 11.7. The van der Waals surface area contributed by atoms with Crippen LogP contribution in [0.4, 0.5) is 19.3 Å². The van der Waals surface area contributed by atoms with Crippen LogP contribution in [-0.4, -0.2) is 11.8 Å². The van der Waals surface area contributed by atoms with E-state index in [4.69, 9.17) is 16.3 Å². The van der Waals surface area contributed by atoms with E-state index in [1.54, 1.807) is 0 Å². The average molecular weight is 330 g/mol. The molecule has 110 valence electrons. The maximum absolute atomic E-state index is 14.2. The van der Waals surface area contributed by atoms with Crippen LogP contribution in [0.2, 0.25) is 5.02 Å². The zero-order chi connectivity index (χ0) is 15.3. The van der Waals surface area contributed by atoms with Gasteiger partial charge < -0.3 is 4.74 Å². The number of cyclic esters (lactones) is 1. The lowest BCUT2D eigenvalue weighted by molar-refractivity contribution is -0.0917. The first kappa shape index (κ1) is 14.6. The highest BCUT2D eigenvalue weighted by molar-refractivity contribution is 7.18. The highest BCUT2D eigenvalue weighted by Gasteiger charge is 2.57. The van der Waals surface area contributed by atoms with Gasteiger partial charge in [-0.25, -0.2) is 4.79 Å². The molecule has 1 aliphatic heterocycles. The van der Waals surface area contributed by atoms with Crippen molar-refractivity contribution in [1.82, 2.24) is 0 Å². The van der Waals surface area contributed by atoms with Crippen LogP contribution in [0.5, 0.6) is 0 Å². The van der Waals surface area contributed by atoms with Gasteiger partial charge in [0.1, 0.15) is 0 Å². The fourth-order valence-corrected chi connectivity index (χ4v) is 2.56. The van der Waals surface area contributed by atoms with Crippen molar-refractivity contribution in [2.24, 2.45) is 5.92 Å². The number of alkyl halides is 2. The number of anilines is 1. The first-order valence-corrected chi connectivity index (χ1v) is 7.27. The number of halogens is 3. The molecule has 21 heavy (non-hydrogen) atoms. The van der Waals surface area contributed by atoms with Crippen LogP contribution in [0.3, 0.4) is 0 Å². The number of nitrogens with one attached hydrogen (secondary N) is 1. The number of ether oxygens (including phenoxy) is 1. The largest absolute Gasteiger partial charge is 0.418 e. The molecule has 1 unspecified atom stereocenters. The number of benzene rings is 1. The fraction of sp³-hybridized carbons (Fsp3) is 0.357. The molecule has 0 aromatic heterocycles. The third kappa shape index (κ3) is 2.59. The van der Waals surface area contributed by atoms with Gasteiger partial charge in [-0.15, -0.1) is 0 Å². The first-order valence-electron chi connectivity index (χ1n) is 6.31. The van der Waals surface area contributed by atoms with E-state index < -0.39 is 17.4 Å². The van der Waals surface area contributed by atoms with Gasteiger partial charge in [0.2, 0.25) is 0 Å². The van der Waals surface area contributed by atoms with E-state index in [1.165, 1.54) is 27.4 Å². The van der Waals surface area contributed by atoms with Gasteiger partial charge in [-0.3, -0.25) is 5.32 Å². The number of hydrogen-bond acceptors (Lipinski definition) is 2. The molecule has 1 heterocycles. The Morgan fingerprint density at radius 2 is 2.19 bits per heavy atom. The summed E-state index contributed by atoms with van der Waals surface area (Å²) in [5, 5.41) is 2.65. The van der Waals surface area contributed by atoms with Crippen molar-refractivity contribution in [2.45, 2.75) is 24.1 Å². The van der Waals surface area contributed by atoms with Crippen molar-refractivity contribution in [2.75, 3.05) is 5.32 Å². The van der Waals surface area contributed by atoms with Gasteiger partial charge in [-0.05, 0) is 37.0 Å². The molecule has 0 bridgehead atoms. The zero-order valence-electron chi connectivity index (χ0n) is 10.8. The number of rotatable bonds is 1. The lowest BCUT2D eigenvalue weighted by Gasteiger charge is -2.38. The van der Waals surface area contributed by atoms with Gasteiger partial charge in [0, 0.05) is 16.5 Å². The Morgan fingerprint density at radius 1 is 1.48 bits per heavy atom. The molecular formula is C14H11ClF2NO2P. The Bertz CT molecular complexity index is 676. The van der Waals surface area contributed by atoms with Crippen LogP contribution < -0.4 is 5.32 Å². The summed E-state index contributed by atoms with van der Waals surface area (Å²) >= 11 is 5.90. The quantitative estimate of drug-likeness (QED) is 0.625. The molecule has 2 atom stereocenters. The number of carbonyl (C=O) groups is 1. The molecule has 0 spiro atoms. The van der Waals surface area contributed by atoms with E-state index in [0.29, 0.717) is 0 Å². The van der Waals surface area contributed by atoms with E-state index in [1.807, 2.05) is 0 Å². The topological polar surface area (TPSA) is 38.3 Å². The molecule has 2 aliphatic rings. The minimum atomic E-state index is -3.45. The zero-order valence-corrected chi connectivity index (χ0v) is 12.7. The molecule has 0 radical (unpaired) electrons. The van der Waals surface area contributed by atoms with Crippen molar-refractivity contribution in [3.63, 3.8) is 0 Å². The molecule has 1 aromatic carbocycles. The van der Waals surface area contributed by atoms with E-state index in [2.05, 4.69) is 17.2 Å². The predicted molar refractivity (Wildman–Crippen MR) is 78.4 cm³/mol. The summed E-state index contributed by atoms with van der Waals surface area (Å²) in [5.74, 6) is 5.34. The van der Waals surface area contributed by atoms with Gasteiger partial charge >= 0.3 is 11.8 Å². The second kappa shape index (κ2) is 4.83. The molecule has 1 amide bonds. The number of carbonyl (C=O) groups excluding carboxylic acids is 1. The van der Waals surface area contributed by atoms with Crippen LogP contribution in [0.25, 0.3) is 0 Å². The maximum atomic E-state index is 14.2. The van der Waals surface area contributed by atoms with Crippen LogP contribution in [0.1, 0.15) is 18.4 Å². The number of hydrogen-bond donors (Lipinski definition) is 1. The Labute approximate surface area is 127 Å². The lowest BCUT2D eigenvalue weighted by Crippen LogP contribution is -2.48. The summed E-state index contributed by atoms with van der Waals surface area (Å²) in [7, 11) is 1.41. The molecule has 0 saturated heterocycles. The second-order valence-electron chi connectivity index (χ2n) is 5.05. The minimum absolute atomic E-state index is 0.0581. The normalized spacial score (nSPS) is 24.3. The van der Waals surface area contributed by atoms with E-state index >= 15 is 0 Å². The monoisotopic (exact) mass is 329 g/mol. The van der Waals surface area contributed by atoms with Crippen molar-refractivity contribution < 1.29 is 18.3 Å². The van der Waals surface area contributed by atoms with Crippen molar-refractivity contribution in [3.05, 3.63) is 28.8 Å². The third-order valence-electron chi connectivity index (χ3n) is 3.34. The summed E-state index contributed by atoms with van der Waals surface area (Å²) in [6.45, 7) is 0. The van der Waals surface area contributed by atoms with Gasteiger partial charge in [0.15, 0.2) is 0 Å². The molecule has 1 saturated carbocycles. The van der Waals surface area contributed by atoms with Gasteiger partial charge in [0.05, 0.1) is 5.69 Å². The molecule has 1 N–H and O–H groups in total. The molecule has 3 rings (SSSR count). The lowest BCUT2D eigenvalue weighted by atomic mass is 9.91. The number of fused-ring (bicyclic) bond motifs is 1. The van der Waals surface area contributed by atoms with E-state index in [0.717, 1.165) is 12.8 Å². The summed E-state index contributed by atoms with van der Waals surface area (Å²) < 4.78 is 33.4. The Morgan fingerprint density at radius 3 is 2.81 bits per heavy atom. The maximum Gasteiger partial charge on any atom is 0.413 e. The highest BCUT2D eigenvalue weighted by atomic mass is 35.5. The molecule has 1 aromatic rings. The summed E-state index contributed by atoms with van der Waals surface area (Å²) in [5.41, 5.74) is -5.51. The fourth-order valence-electron chi connectivity index (χ4n) is 2.10. The van der Waals surface area contributed by atoms with Crippen LogP contribution >= 0.6 is 20.8 Å². The molecule has 1 fully saturated rings. The van der Waals surface area contributed by atoms with Crippen LogP contribution in [0, 0.1) is 17.8 Å². The van der Waals surface area contributed by atoms with Crippen molar-refractivity contribution in [3.8, 4) is 11.8 Å². The third-order valence-corrected chi connectivity index (χ3v) is 3.98. The second-order valence-corrected chi connectivity index (χ2v) is 6.21. The smallest absolute Gasteiger partial charge is 0.413 e. The SMILES string of the molecule is O=C1Nc2ccc(Cl)cc2[C@@](C#CC2CC2)(C(F)(F)P)O1. The van der Waals surface area contributed by atoms with Crippen molar-refractivity contribution >= 4 is 32.6 Å². The van der Waals surface area contributed by atoms with E-state index in [9.17, 15) is 13.6 Å². The predicted octanol–water partition coefficient (Wildman–Crippen LogP) is 3.98. The number of amides is 1. The van der Waals surface area contributed by atoms with Gasteiger partial charge in [0.25, 0.3) is 5.60 Å². The molecule has 3 nitrogen and oxygen atoms in total. The standard InChI is InChI=1S/C14H11ClF2NO2P/c15-9-3-4-11-10(7-9)13(14(16,17)21,20-12(19)18-11)6-5-8-1-2-8/h3-4,7-8H,1-2,21H2,(H,18,19)/t13-/m0/s1. The van der Waals surface area contributed by atoms with Crippen molar-refractivity contribution in [1.29, 1.82) is 0 Å². The summed E-state index contributed by atoms with van der Waals surface area (Å²) in [6, 6.07) is 4.31.